The zero-order chi connectivity index (χ0) is 19.7. The summed E-state index contributed by atoms with van der Waals surface area (Å²) in [5.74, 6) is -0.210. The molecular formula is C22H21N3O3. The summed E-state index contributed by atoms with van der Waals surface area (Å²) in [4.78, 5) is 40.1. The number of carbonyl (C=O) groups is 3. The summed E-state index contributed by atoms with van der Waals surface area (Å²) in [6, 6.07) is 14.6. The molecule has 28 heavy (non-hydrogen) atoms. The summed E-state index contributed by atoms with van der Waals surface area (Å²) in [6.07, 6.45) is 1.57. The number of hydrogen-bond acceptors (Lipinski definition) is 3. The third-order valence-electron chi connectivity index (χ3n) is 5.12. The molecule has 4 rings (SSSR count). The molecule has 142 valence electrons. The van der Waals surface area contributed by atoms with Crippen LogP contribution in [0.2, 0.25) is 0 Å². The van der Waals surface area contributed by atoms with E-state index in [1.54, 1.807) is 28.0 Å². The molecule has 0 aromatic heterocycles. The first-order chi connectivity index (χ1) is 13.5. The third kappa shape index (κ3) is 3.29. The highest BCUT2D eigenvalue weighted by Gasteiger charge is 2.30. The molecule has 1 N–H and O–H groups in total. The predicted octanol–water partition coefficient (Wildman–Crippen LogP) is 3.27. The minimum Gasteiger partial charge on any atom is -0.326 e. The molecule has 6 nitrogen and oxygen atoms in total. The molecule has 6 heteroatoms. The Morgan fingerprint density at radius 2 is 1.86 bits per heavy atom. The SMILES string of the molecule is C=C1c2ccccc2C(=O)N1CCC(=O)Nc1cccc(N2CCCC2=O)c1. The Hall–Kier alpha value is -3.41. The number of rotatable bonds is 5. The van der Waals surface area contributed by atoms with Crippen LogP contribution >= 0.6 is 0 Å². The smallest absolute Gasteiger partial charge is 0.258 e. The van der Waals surface area contributed by atoms with Crippen molar-refractivity contribution in [3.05, 3.63) is 66.2 Å². The molecule has 0 unspecified atom stereocenters. The van der Waals surface area contributed by atoms with Crippen molar-refractivity contribution in [1.82, 2.24) is 4.90 Å². The van der Waals surface area contributed by atoms with Crippen molar-refractivity contribution in [2.75, 3.05) is 23.3 Å². The second kappa shape index (κ2) is 7.31. The first kappa shape index (κ1) is 18.0. The number of hydrogen-bond donors (Lipinski definition) is 1. The van der Waals surface area contributed by atoms with Crippen LogP contribution in [-0.2, 0) is 9.59 Å². The minimum absolute atomic E-state index is 0.106. The summed E-state index contributed by atoms with van der Waals surface area (Å²) in [5.41, 5.74) is 3.49. The lowest BCUT2D eigenvalue weighted by Crippen LogP contribution is -2.27. The molecule has 0 radical (unpaired) electrons. The quantitative estimate of drug-likeness (QED) is 0.872. The molecule has 0 aliphatic carbocycles. The normalized spacial score (nSPS) is 15.9. The Labute approximate surface area is 163 Å². The molecule has 2 aliphatic heterocycles. The van der Waals surface area contributed by atoms with Gasteiger partial charge in [-0.25, -0.2) is 0 Å². The number of anilines is 2. The average Bonchev–Trinajstić information content (AvgIpc) is 3.23. The van der Waals surface area contributed by atoms with Gasteiger partial charge in [0, 0.05) is 54.1 Å². The molecule has 2 aromatic carbocycles. The standard InChI is InChI=1S/C22H21N3O3/c1-15-18-8-2-3-9-19(18)22(28)24(15)13-11-20(26)23-16-6-4-7-17(14-16)25-12-5-10-21(25)27/h2-4,6-9,14H,1,5,10-13H2,(H,23,26). The number of benzene rings is 2. The highest BCUT2D eigenvalue weighted by atomic mass is 16.2. The van der Waals surface area contributed by atoms with E-state index >= 15 is 0 Å². The van der Waals surface area contributed by atoms with E-state index < -0.39 is 0 Å². The van der Waals surface area contributed by atoms with Crippen LogP contribution in [0.4, 0.5) is 11.4 Å². The van der Waals surface area contributed by atoms with Crippen LogP contribution in [-0.4, -0.2) is 35.7 Å². The van der Waals surface area contributed by atoms with E-state index in [0.29, 0.717) is 29.9 Å². The van der Waals surface area contributed by atoms with Gasteiger partial charge in [0.25, 0.3) is 5.91 Å². The first-order valence-corrected chi connectivity index (χ1v) is 9.35. The van der Waals surface area contributed by atoms with Gasteiger partial charge in [0.05, 0.1) is 0 Å². The van der Waals surface area contributed by atoms with Crippen molar-refractivity contribution in [2.24, 2.45) is 0 Å². The van der Waals surface area contributed by atoms with Gasteiger partial charge in [-0.3, -0.25) is 14.4 Å². The Morgan fingerprint density at radius 3 is 2.57 bits per heavy atom. The van der Waals surface area contributed by atoms with Crippen LogP contribution in [0.25, 0.3) is 5.70 Å². The van der Waals surface area contributed by atoms with Crippen LogP contribution in [0.1, 0.15) is 35.2 Å². The highest BCUT2D eigenvalue weighted by molar-refractivity contribution is 6.09. The summed E-state index contributed by atoms with van der Waals surface area (Å²) in [7, 11) is 0. The van der Waals surface area contributed by atoms with Gasteiger partial charge < -0.3 is 15.1 Å². The van der Waals surface area contributed by atoms with Gasteiger partial charge in [-0.05, 0) is 30.7 Å². The number of amides is 3. The van der Waals surface area contributed by atoms with Crippen LogP contribution in [0, 0.1) is 0 Å². The summed E-state index contributed by atoms with van der Waals surface area (Å²) < 4.78 is 0. The predicted molar refractivity (Wildman–Crippen MR) is 108 cm³/mol. The molecule has 0 atom stereocenters. The molecule has 2 aliphatic rings. The Bertz CT molecular complexity index is 947. The van der Waals surface area contributed by atoms with Crippen molar-refractivity contribution in [2.45, 2.75) is 19.3 Å². The number of fused-ring (bicyclic) bond motifs is 1. The lowest BCUT2D eigenvalue weighted by atomic mass is 10.1. The molecule has 2 heterocycles. The maximum Gasteiger partial charge on any atom is 0.258 e. The van der Waals surface area contributed by atoms with Gasteiger partial charge in [0.2, 0.25) is 11.8 Å². The fraction of sp³-hybridized carbons (Fsp3) is 0.227. The molecule has 2 aromatic rings. The van der Waals surface area contributed by atoms with Gasteiger partial charge in [-0.15, -0.1) is 0 Å². The fourth-order valence-corrected chi connectivity index (χ4v) is 3.68. The summed E-state index contributed by atoms with van der Waals surface area (Å²) in [6.45, 7) is 4.96. The average molecular weight is 375 g/mol. The van der Waals surface area contributed by atoms with Gasteiger partial charge in [0.15, 0.2) is 0 Å². The van der Waals surface area contributed by atoms with E-state index in [-0.39, 0.29) is 30.7 Å². The number of nitrogens with one attached hydrogen (secondary N) is 1. The monoisotopic (exact) mass is 375 g/mol. The van der Waals surface area contributed by atoms with Gasteiger partial charge in [-0.1, -0.05) is 30.8 Å². The van der Waals surface area contributed by atoms with Crippen LogP contribution in [0.3, 0.4) is 0 Å². The van der Waals surface area contributed by atoms with Gasteiger partial charge in [0.1, 0.15) is 0 Å². The van der Waals surface area contributed by atoms with Crippen molar-refractivity contribution >= 4 is 34.8 Å². The van der Waals surface area contributed by atoms with Crippen LogP contribution in [0.15, 0.2) is 55.1 Å². The van der Waals surface area contributed by atoms with Crippen molar-refractivity contribution in [1.29, 1.82) is 0 Å². The molecule has 1 fully saturated rings. The van der Waals surface area contributed by atoms with Crippen molar-refractivity contribution in [3.8, 4) is 0 Å². The van der Waals surface area contributed by atoms with Crippen LogP contribution < -0.4 is 10.2 Å². The topological polar surface area (TPSA) is 69.7 Å². The zero-order valence-electron chi connectivity index (χ0n) is 15.5. The largest absolute Gasteiger partial charge is 0.326 e. The Kier molecular flexibility index (Phi) is 4.69. The summed E-state index contributed by atoms with van der Waals surface area (Å²) in [5, 5.41) is 2.85. The van der Waals surface area contributed by atoms with E-state index in [1.807, 2.05) is 30.3 Å². The minimum atomic E-state index is -0.193. The van der Waals surface area contributed by atoms with Crippen LogP contribution in [0.5, 0.6) is 0 Å². The fourth-order valence-electron chi connectivity index (χ4n) is 3.68. The zero-order valence-corrected chi connectivity index (χ0v) is 15.5. The van der Waals surface area contributed by atoms with E-state index in [4.69, 9.17) is 0 Å². The van der Waals surface area contributed by atoms with E-state index in [0.717, 1.165) is 17.7 Å². The summed E-state index contributed by atoms with van der Waals surface area (Å²) >= 11 is 0. The molecule has 3 amide bonds. The second-order valence-electron chi connectivity index (χ2n) is 6.95. The maximum absolute atomic E-state index is 12.5. The highest BCUT2D eigenvalue weighted by Crippen LogP contribution is 2.31. The van der Waals surface area contributed by atoms with Crippen molar-refractivity contribution in [3.63, 3.8) is 0 Å². The molecule has 0 spiro atoms. The van der Waals surface area contributed by atoms with E-state index in [1.165, 1.54) is 0 Å². The van der Waals surface area contributed by atoms with E-state index in [2.05, 4.69) is 11.9 Å². The first-order valence-electron chi connectivity index (χ1n) is 9.35. The lowest BCUT2D eigenvalue weighted by molar-refractivity contribution is -0.117. The maximum atomic E-state index is 12.5. The van der Waals surface area contributed by atoms with Gasteiger partial charge in [-0.2, -0.15) is 0 Å². The third-order valence-corrected chi connectivity index (χ3v) is 5.12. The van der Waals surface area contributed by atoms with Crippen molar-refractivity contribution < 1.29 is 14.4 Å². The molecular weight excluding hydrogens is 354 g/mol. The molecule has 0 saturated carbocycles. The Morgan fingerprint density at radius 1 is 1.07 bits per heavy atom. The lowest BCUT2D eigenvalue weighted by Gasteiger charge is -2.18. The second-order valence-corrected chi connectivity index (χ2v) is 6.95. The Balaban J connectivity index is 1.37. The number of carbonyl (C=O) groups excluding carboxylic acids is 3. The molecule has 0 bridgehead atoms. The van der Waals surface area contributed by atoms with E-state index in [9.17, 15) is 14.4 Å². The molecule has 1 saturated heterocycles. The number of nitrogens with zero attached hydrogens (tertiary/aromatic N) is 2. The van der Waals surface area contributed by atoms with Gasteiger partial charge >= 0.3 is 0 Å².